The molecule has 0 aliphatic carbocycles. The predicted octanol–water partition coefficient (Wildman–Crippen LogP) is 2.26. The van der Waals surface area contributed by atoms with Gasteiger partial charge < -0.3 is 19.9 Å². The van der Waals surface area contributed by atoms with E-state index in [-0.39, 0.29) is 17.8 Å². The molecule has 0 aromatic heterocycles. The Morgan fingerprint density at radius 1 is 1.24 bits per heavy atom. The number of nitrogens with zero attached hydrogens (tertiary/aromatic N) is 3. The summed E-state index contributed by atoms with van der Waals surface area (Å²) in [4.78, 5) is 21.7. The second-order valence-electron chi connectivity index (χ2n) is 8.40. The van der Waals surface area contributed by atoms with Crippen LogP contribution in [0.5, 0.6) is 0 Å². The predicted molar refractivity (Wildman–Crippen MR) is 117 cm³/mol. The van der Waals surface area contributed by atoms with Gasteiger partial charge in [-0.15, -0.1) is 0 Å². The molecule has 2 fully saturated rings. The Morgan fingerprint density at radius 3 is 2.76 bits per heavy atom. The molecule has 160 valence electrons. The molecule has 1 N–H and O–H groups in total. The molecule has 29 heavy (non-hydrogen) atoms. The average molecular weight is 401 g/mol. The van der Waals surface area contributed by atoms with E-state index in [4.69, 9.17) is 9.73 Å². The Balaban J connectivity index is 1.50. The molecular formula is C23H36N4O2. The minimum atomic E-state index is -0.110. The Kier molecular flexibility index (Phi) is 7.92. The molecule has 2 heterocycles. The minimum absolute atomic E-state index is 0.0659. The topological polar surface area (TPSA) is 57.2 Å². The molecule has 3 rings (SSSR count). The van der Waals surface area contributed by atoms with Gasteiger partial charge >= 0.3 is 5.97 Å². The number of ether oxygens (including phenoxy) is 1. The molecule has 2 aliphatic heterocycles. The van der Waals surface area contributed by atoms with Crippen LogP contribution in [-0.4, -0.2) is 74.7 Å². The van der Waals surface area contributed by atoms with Gasteiger partial charge in [0.2, 0.25) is 0 Å². The van der Waals surface area contributed by atoms with E-state index in [1.165, 1.54) is 19.1 Å². The lowest BCUT2D eigenvalue weighted by molar-refractivity contribution is -0.145. The van der Waals surface area contributed by atoms with E-state index in [1.54, 1.807) is 0 Å². The Hall–Kier alpha value is -2.08. The number of carbonyl (C=O) groups excluding carboxylic acids is 1. The van der Waals surface area contributed by atoms with Crippen LogP contribution in [0.4, 0.5) is 0 Å². The van der Waals surface area contributed by atoms with Crippen molar-refractivity contribution < 1.29 is 9.53 Å². The summed E-state index contributed by atoms with van der Waals surface area (Å²) in [6.07, 6.45) is 2.32. The van der Waals surface area contributed by atoms with Crippen LogP contribution in [-0.2, 0) is 16.0 Å². The highest BCUT2D eigenvalue weighted by Crippen LogP contribution is 2.24. The van der Waals surface area contributed by atoms with Crippen molar-refractivity contribution in [3.05, 3.63) is 35.9 Å². The van der Waals surface area contributed by atoms with Crippen LogP contribution in [0, 0.1) is 17.8 Å². The summed E-state index contributed by atoms with van der Waals surface area (Å²) in [6.45, 7) is 10.8. The Bertz CT molecular complexity index is 679. The molecule has 1 aromatic rings. The fourth-order valence-corrected chi connectivity index (χ4v) is 4.44. The smallest absolute Gasteiger partial charge is 0.310 e. The normalized spacial score (nSPS) is 25.4. The number of nitrogens with one attached hydrogen (secondary N) is 1. The maximum Gasteiger partial charge on any atom is 0.310 e. The molecule has 0 saturated carbocycles. The van der Waals surface area contributed by atoms with Gasteiger partial charge in [-0.1, -0.05) is 37.3 Å². The van der Waals surface area contributed by atoms with E-state index in [9.17, 15) is 4.79 Å². The van der Waals surface area contributed by atoms with Crippen LogP contribution in [0.3, 0.4) is 0 Å². The van der Waals surface area contributed by atoms with Crippen molar-refractivity contribution in [2.24, 2.45) is 22.7 Å². The molecule has 2 saturated heterocycles. The summed E-state index contributed by atoms with van der Waals surface area (Å²) in [5, 5.41) is 3.41. The molecule has 0 spiro atoms. The van der Waals surface area contributed by atoms with E-state index in [2.05, 4.69) is 59.3 Å². The first-order valence-electron chi connectivity index (χ1n) is 11.0. The number of aliphatic imine (C=N–C) groups is 1. The van der Waals surface area contributed by atoms with Crippen LogP contribution in [0.1, 0.15) is 25.8 Å². The van der Waals surface area contributed by atoms with Gasteiger partial charge in [0.25, 0.3) is 0 Å². The number of carbonyl (C=O) groups is 1. The third kappa shape index (κ3) is 5.95. The number of esters is 1. The molecule has 0 amide bonds. The second-order valence-corrected chi connectivity index (χ2v) is 8.40. The molecule has 3 atom stereocenters. The lowest BCUT2D eigenvalue weighted by Crippen LogP contribution is -2.41. The lowest BCUT2D eigenvalue weighted by Gasteiger charge is -2.22. The van der Waals surface area contributed by atoms with Gasteiger partial charge in [-0.05, 0) is 43.7 Å². The quantitative estimate of drug-likeness (QED) is 0.432. The fourth-order valence-electron chi connectivity index (χ4n) is 4.44. The molecule has 6 nitrogen and oxygen atoms in total. The molecular weight excluding hydrogens is 364 g/mol. The van der Waals surface area contributed by atoms with Crippen molar-refractivity contribution in [1.29, 1.82) is 0 Å². The van der Waals surface area contributed by atoms with Crippen molar-refractivity contribution in [3.8, 4) is 0 Å². The van der Waals surface area contributed by atoms with E-state index in [1.807, 2.05) is 0 Å². The summed E-state index contributed by atoms with van der Waals surface area (Å²) >= 11 is 0. The Morgan fingerprint density at radius 2 is 2.03 bits per heavy atom. The molecule has 0 radical (unpaired) electrons. The number of likely N-dealkylation sites (tertiary alicyclic amines) is 2. The van der Waals surface area contributed by atoms with E-state index >= 15 is 0 Å². The van der Waals surface area contributed by atoms with E-state index < -0.39 is 0 Å². The van der Waals surface area contributed by atoms with Gasteiger partial charge in [-0.2, -0.15) is 0 Å². The van der Waals surface area contributed by atoms with Crippen molar-refractivity contribution in [2.75, 3.05) is 52.9 Å². The molecule has 6 heteroatoms. The third-order valence-electron chi connectivity index (χ3n) is 6.18. The largest absolute Gasteiger partial charge is 0.469 e. The molecule has 3 unspecified atom stereocenters. The maximum atomic E-state index is 12.0. The van der Waals surface area contributed by atoms with Gasteiger partial charge in [0.05, 0.1) is 13.0 Å². The first kappa shape index (κ1) is 21.6. The van der Waals surface area contributed by atoms with Crippen LogP contribution < -0.4 is 5.32 Å². The molecule has 0 bridgehead atoms. The standard InChI is InChI=1S/C23H36N4O2/c1-4-24-23(27-15-18(2)21(17-27)22(28)29-3)25-14-20-11-13-26(16-20)12-10-19-8-6-5-7-9-19/h5-9,18,20-21H,4,10-17H2,1-3H3,(H,24,25). The SMILES string of the molecule is CCNC(=NCC1CCN(CCc2ccccc2)C1)N1CC(C)C(C(=O)OC)C1. The zero-order valence-corrected chi connectivity index (χ0v) is 18.1. The highest BCUT2D eigenvalue weighted by atomic mass is 16.5. The highest BCUT2D eigenvalue weighted by Gasteiger charge is 2.37. The van der Waals surface area contributed by atoms with E-state index in [0.717, 1.165) is 51.6 Å². The van der Waals surface area contributed by atoms with Crippen molar-refractivity contribution in [1.82, 2.24) is 15.1 Å². The number of benzene rings is 1. The van der Waals surface area contributed by atoms with Gasteiger partial charge in [0, 0.05) is 39.3 Å². The number of hydrogen-bond donors (Lipinski definition) is 1. The highest BCUT2D eigenvalue weighted by molar-refractivity contribution is 5.82. The summed E-state index contributed by atoms with van der Waals surface area (Å²) in [7, 11) is 1.47. The van der Waals surface area contributed by atoms with Crippen LogP contribution in [0.2, 0.25) is 0 Å². The fraction of sp³-hybridized carbons (Fsp3) is 0.652. The van der Waals surface area contributed by atoms with Gasteiger partial charge in [-0.3, -0.25) is 9.79 Å². The van der Waals surface area contributed by atoms with Crippen LogP contribution in [0.25, 0.3) is 0 Å². The summed E-state index contributed by atoms with van der Waals surface area (Å²) in [5.41, 5.74) is 1.41. The number of rotatable bonds is 7. The monoisotopic (exact) mass is 400 g/mol. The average Bonchev–Trinajstić information content (AvgIpc) is 3.36. The summed E-state index contributed by atoms with van der Waals surface area (Å²) in [5.74, 6) is 1.65. The number of hydrogen-bond acceptors (Lipinski definition) is 4. The first-order valence-corrected chi connectivity index (χ1v) is 11.0. The summed E-state index contributed by atoms with van der Waals surface area (Å²) < 4.78 is 4.97. The lowest BCUT2D eigenvalue weighted by atomic mass is 9.99. The number of guanidine groups is 1. The van der Waals surface area contributed by atoms with Crippen LogP contribution >= 0.6 is 0 Å². The van der Waals surface area contributed by atoms with Gasteiger partial charge in [0.1, 0.15) is 0 Å². The first-order chi connectivity index (χ1) is 14.1. The molecule has 2 aliphatic rings. The number of methoxy groups -OCH3 is 1. The maximum absolute atomic E-state index is 12.0. The van der Waals surface area contributed by atoms with Crippen molar-refractivity contribution >= 4 is 11.9 Å². The zero-order valence-electron chi connectivity index (χ0n) is 18.1. The molecule has 1 aromatic carbocycles. The van der Waals surface area contributed by atoms with E-state index in [0.29, 0.717) is 12.5 Å². The Labute approximate surface area is 175 Å². The van der Waals surface area contributed by atoms with Crippen molar-refractivity contribution in [3.63, 3.8) is 0 Å². The van der Waals surface area contributed by atoms with Crippen LogP contribution in [0.15, 0.2) is 35.3 Å². The second kappa shape index (κ2) is 10.6. The minimum Gasteiger partial charge on any atom is -0.469 e. The zero-order chi connectivity index (χ0) is 20.6. The third-order valence-corrected chi connectivity index (χ3v) is 6.18. The van der Waals surface area contributed by atoms with Crippen molar-refractivity contribution in [2.45, 2.75) is 26.7 Å². The van der Waals surface area contributed by atoms with Gasteiger partial charge in [-0.25, -0.2) is 0 Å². The summed E-state index contributed by atoms with van der Waals surface area (Å²) in [6, 6.07) is 10.7. The van der Waals surface area contributed by atoms with Gasteiger partial charge in [0.15, 0.2) is 5.96 Å².